The number of allylic oxidation sites excluding steroid dienone is 1. The first-order chi connectivity index (χ1) is 16.0. The van der Waals surface area contributed by atoms with Gasteiger partial charge in [0.1, 0.15) is 5.76 Å². The van der Waals surface area contributed by atoms with E-state index in [0.717, 1.165) is 22.6 Å². The van der Waals surface area contributed by atoms with Gasteiger partial charge in [0.2, 0.25) is 0 Å². The number of hydrogen-bond donors (Lipinski definition) is 0. The Bertz CT molecular complexity index is 1210. The molecule has 0 heterocycles. The topological polar surface area (TPSA) is 21.7 Å². The average molecular weight is 436 g/mol. The number of nitrogens with zero attached hydrogens (tertiary/aromatic N) is 1. The third-order valence-electron chi connectivity index (χ3n) is 5.78. The van der Waals surface area contributed by atoms with Crippen LogP contribution in [0.25, 0.3) is 11.1 Å². The van der Waals surface area contributed by atoms with Crippen LogP contribution >= 0.6 is 0 Å². The van der Waals surface area contributed by atoms with E-state index in [1.807, 2.05) is 6.07 Å². The fourth-order valence-corrected chi connectivity index (χ4v) is 3.88. The summed E-state index contributed by atoms with van der Waals surface area (Å²) in [4.78, 5) is 12.0. The zero-order chi connectivity index (χ0) is 23.2. The van der Waals surface area contributed by atoms with E-state index in [-0.39, 0.29) is 0 Å². The molecule has 0 amide bonds. The van der Waals surface area contributed by atoms with Gasteiger partial charge in [-0.1, -0.05) is 67.2 Å². The molecule has 4 rings (SSSR count). The quantitative estimate of drug-likeness (QED) is 0.159. The molecule has 0 unspecified atom stereocenters. The van der Waals surface area contributed by atoms with Crippen molar-refractivity contribution in [3.05, 3.63) is 126 Å². The summed E-state index contributed by atoms with van der Waals surface area (Å²) in [5.41, 5.74) is 9.40. The van der Waals surface area contributed by atoms with Crippen molar-refractivity contribution in [2.75, 3.05) is 12.0 Å². The van der Waals surface area contributed by atoms with Crippen LogP contribution in [0.4, 0.5) is 17.1 Å². The first-order valence-electron chi connectivity index (χ1n) is 11.1. The molecule has 0 bridgehead atoms. The molecule has 0 aliphatic rings. The highest BCUT2D eigenvalue weighted by Crippen LogP contribution is 2.36. The van der Waals surface area contributed by atoms with Gasteiger partial charge < -0.3 is 9.79 Å². The molecule has 33 heavy (non-hydrogen) atoms. The molecule has 3 heteroatoms. The number of benzene rings is 4. The molecular weight excluding hydrogens is 406 g/mol. The number of hydrogen-bond acceptors (Lipinski definition) is 3. The Labute approximate surface area is 196 Å². The zero-order valence-electron chi connectivity index (χ0n) is 19.4. The maximum atomic E-state index is 5.03. The molecule has 0 saturated heterocycles. The minimum Gasteiger partial charge on any atom is -0.343 e. The second-order valence-corrected chi connectivity index (χ2v) is 8.15. The summed E-state index contributed by atoms with van der Waals surface area (Å²) in [6.07, 6.45) is 0.601. The molecule has 4 aromatic rings. The number of rotatable bonds is 8. The van der Waals surface area contributed by atoms with Crippen LogP contribution < -0.4 is 4.90 Å². The third kappa shape index (κ3) is 5.33. The van der Waals surface area contributed by atoms with Crippen molar-refractivity contribution in [3.8, 4) is 11.1 Å². The monoisotopic (exact) mass is 435 g/mol. The van der Waals surface area contributed by atoms with E-state index in [0.29, 0.717) is 12.2 Å². The van der Waals surface area contributed by atoms with Gasteiger partial charge in [-0.2, -0.15) is 4.89 Å². The van der Waals surface area contributed by atoms with Crippen LogP contribution in [0, 0.1) is 13.8 Å². The lowest BCUT2D eigenvalue weighted by molar-refractivity contribution is -0.238. The third-order valence-corrected chi connectivity index (χ3v) is 5.78. The van der Waals surface area contributed by atoms with Crippen molar-refractivity contribution >= 4 is 17.1 Å². The first-order valence-corrected chi connectivity index (χ1v) is 11.1. The van der Waals surface area contributed by atoms with Crippen molar-refractivity contribution < 1.29 is 9.78 Å². The maximum absolute atomic E-state index is 5.03. The van der Waals surface area contributed by atoms with Crippen LogP contribution in [0.1, 0.15) is 16.7 Å². The fraction of sp³-hybridized carbons (Fsp3) is 0.133. The van der Waals surface area contributed by atoms with Crippen molar-refractivity contribution in [3.63, 3.8) is 0 Å². The van der Waals surface area contributed by atoms with Gasteiger partial charge in [0.15, 0.2) is 0 Å². The second-order valence-electron chi connectivity index (χ2n) is 8.15. The molecule has 0 spiro atoms. The van der Waals surface area contributed by atoms with Crippen molar-refractivity contribution in [2.24, 2.45) is 0 Å². The van der Waals surface area contributed by atoms with Gasteiger partial charge in [-0.15, -0.1) is 0 Å². The van der Waals surface area contributed by atoms with Crippen LogP contribution in [0.5, 0.6) is 0 Å². The Kier molecular flexibility index (Phi) is 6.92. The van der Waals surface area contributed by atoms with Crippen molar-refractivity contribution in [1.82, 2.24) is 0 Å². The smallest absolute Gasteiger partial charge is 0.139 e. The van der Waals surface area contributed by atoms with E-state index in [9.17, 15) is 0 Å². The lowest BCUT2D eigenvalue weighted by atomic mass is 10.0. The molecule has 0 aliphatic carbocycles. The van der Waals surface area contributed by atoms with E-state index < -0.39 is 0 Å². The molecule has 4 aromatic carbocycles. The number of aryl methyl sites for hydroxylation is 2. The summed E-state index contributed by atoms with van der Waals surface area (Å²) in [5, 5.41) is 0. The Morgan fingerprint density at radius 3 is 1.88 bits per heavy atom. The van der Waals surface area contributed by atoms with Gasteiger partial charge in [-0.05, 0) is 78.1 Å². The second kappa shape index (κ2) is 10.2. The Balaban J connectivity index is 1.70. The lowest BCUT2D eigenvalue weighted by Crippen LogP contribution is -2.10. The summed E-state index contributed by atoms with van der Waals surface area (Å²) in [6, 6.07) is 34.2. The standard InChI is InChI=1S/C30H29NO2/c1-22-10-15-30(20-23(22)2)31(28-16-11-25(12-17-28)21-24(3)33-32-4)29-18-13-27(14-19-29)26-8-6-5-7-9-26/h5-20H,3,21H2,1-2,4H3. The predicted octanol–water partition coefficient (Wildman–Crippen LogP) is 8.07. The van der Waals surface area contributed by atoms with Gasteiger partial charge in [-0.3, -0.25) is 0 Å². The maximum Gasteiger partial charge on any atom is 0.139 e. The highest BCUT2D eigenvalue weighted by Gasteiger charge is 2.14. The van der Waals surface area contributed by atoms with E-state index >= 15 is 0 Å². The molecule has 0 radical (unpaired) electrons. The van der Waals surface area contributed by atoms with Crippen LogP contribution in [0.3, 0.4) is 0 Å². The zero-order valence-corrected chi connectivity index (χ0v) is 19.4. The molecule has 0 fully saturated rings. The van der Waals surface area contributed by atoms with Gasteiger partial charge in [0.25, 0.3) is 0 Å². The Hall–Kier alpha value is -3.82. The molecule has 0 saturated carbocycles. The van der Waals surface area contributed by atoms with Gasteiger partial charge in [0, 0.05) is 23.5 Å². The highest BCUT2D eigenvalue weighted by atomic mass is 17.2. The Morgan fingerprint density at radius 2 is 1.27 bits per heavy atom. The van der Waals surface area contributed by atoms with E-state index in [4.69, 9.17) is 9.78 Å². The molecule has 166 valence electrons. The molecular formula is C30H29NO2. The lowest BCUT2D eigenvalue weighted by Gasteiger charge is -2.26. The van der Waals surface area contributed by atoms with Crippen molar-refractivity contribution in [1.29, 1.82) is 0 Å². The van der Waals surface area contributed by atoms with Crippen LogP contribution in [0.2, 0.25) is 0 Å². The summed E-state index contributed by atoms with van der Waals surface area (Å²) in [7, 11) is 1.48. The summed E-state index contributed by atoms with van der Waals surface area (Å²) in [6.45, 7) is 8.18. The molecule has 0 N–H and O–H groups in total. The van der Waals surface area contributed by atoms with Crippen LogP contribution in [0.15, 0.2) is 109 Å². The van der Waals surface area contributed by atoms with Gasteiger partial charge in [-0.25, -0.2) is 0 Å². The minimum absolute atomic E-state index is 0.577. The molecule has 0 aliphatic heterocycles. The first kappa shape index (κ1) is 22.4. The van der Waals surface area contributed by atoms with E-state index in [2.05, 4.69) is 116 Å². The Morgan fingerprint density at radius 1 is 0.697 bits per heavy atom. The van der Waals surface area contributed by atoms with Gasteiger partial charge in [0.05, 0.1) is 7.11 Å². The highest BCUT2D eigenvalue weighted by molar-refractivity contribution is 5.78. The SMILES string of the molecule is C=C(Cc1ccc(N(c2ccc(-c3ccccc3)cc2)c2ccc(C)c(C)c2)cc1)OOC. The van der Waals surface area contributed by atoms with Crippen molar-refractivity contribution in [2.45, 2.75) is 20.3 Å². The molecule has 0 atom stereocenters. The summed E-state index contributed by atoms with van der Waals surface area (Å²) in [5.74, 6) is 0.577. The summed E-state index contributed by atoms with van der Waals surface area (Å²) < 4.78 is 0. The molecule has 3 nitrogen and oxygen atoms in total. The predicted molar refractivity (Wildman–Crippen MR) is 137 cm³/mol. The minimum atomic E-state index is 0.577. The molecule has 0 aromatic heterocycles. The summed E-state index contributed by atoms with van der Waals surface area (Å²) >= 11 is 0. The van der Waals surface area contributed by atoms with E-state index in [1.54, 1.807) is 0 Å². The van der Waals surface area contributed by atoms with Gasteiger partial charge >= 0.3 is 0 Å². The fourth-order valence-electron chi connectivity index (χ4n) is 3.88. The van der Waals surface area contributed by atoms with Crippen LogP contribution in [-0.4, -0.2) is 7.11 Å². The average Bonchev–Trinajstić information content (AvgIpc) is 2.84. The normalized spacial score (nSPS) is 10.6. The largest absolute Gasteiger partial charge is 0.343 e. The van der Waals surface area contributed by atoms with Crippen LogP contribution in [-0.2, 0) is 16.2 Å². The number of anilines is 3. The van der Waals surface area contributed by atoms with E-state index in [1.165, 1.54) is 29.4 Å².